The lowest BCUT2D eigenvalue weighted by molar-refractivity contribution is -0.395. The second-order valence-electron chi connectivity index (χ2n) is 4.95. The molecule has 1 fully saturated rings. The topological polar surface area (TPSA) is 165 Å². The minimum Gasteiger partial charge on any atom is -0.455 e. The molecule has 0 radical (unpaired) electrons. The van der Waals surface area contributed by atoms with Crippen LogP contribution in [0.5, 0.6) is 5.75 Å². The number of hydrogen-bond acceptors (Lipinski definition) is 9. The first-order valence-electron chi connectivity index (χ1n) is 6.61. The van der Waals surface area contributed by atoms with Gasteiger partial charge in [-0.2, -0.15) is 0 Å². The average molecular weight is 348 g/mol. The van der Waals surface area contributed by atoms with Gasteiger partial charge in [0.05, 0.1) is 15.9 Å². The molecule has 1 aliphatic rings. The molecule has 132 valence electrons. The van der Waals surface area contributed by atoms with E-state index in [4.69, 9.17) is 9.47 Å². The lowest BCUT2D eigenvalue weighted by atomic mass is 9.99. The maximum Gasteiger partial charge on any atom is 0.317 e. The molecule has 0 bridgehead atoms. The Morgan fingerprint density at radius 2 is 1.79 bits per heavy atom. The molecule has 1 saturated heterocycles. The predicted molar refractivity (Wildman–Crippen MR) is 73.0 cm³/mol. The maximum atomic E-state index is 12.8. The number of hydrogen-bond donors (Lipinski definition) is 3. The van der Waals surface area contributed by atoms with Crippen molar-refractivity contribution < 1.29 is 39.0 Å². The molecule has 5 atom stereocenters. The summed E-state index contributed by atoms with van der Waals surface area (Å²) in [5.74, 6) is -0.490. The van der Waals surface area contributed by atoms with Crippen molar-refractivity contribution in [1.82, 2.24) is 0 Å². The summed E-state index contributed by atoms with van der Waals surface area (Å²) in [6, 6.07) is 2.48. The minimum atomic E-state index is -1.82. The van der Waals surface area contributed by atoms with Gasteiger partial charge in [0.1, 0.15) is 31.1 Å². The number of nitro benzene ring substituents is 2. The van der Waals surface area contributed by atoms with Crippen LogP contribution in [0.3, 0.4) is 0 Å². The molecule has 12 heteroatoms. The summed E-state index contributed by atoms with van der Waals surface area (Å²) < 4.78 is 22.8. The van der Waals surface area contributed by atoms with Crippen LogP contribution in [0.25, 0.3) is 0 Å². The lowest BCUT2D eigenvalue weighted by Gasteiger charge is -2.39. The van der Waals surface area contributed by atoms with Gasteiger partial charge in [-0.3, -0.25) is 20.2 Å². The third kappa shape index (κ3) is 3.41. The molecular weight excluding hydrogens is 335 g/mol. The van der Waals surface area contributed by atoms with Crippen LogP contribution in [0.1, 0.15) is 0 Å². The Balaban J connectivity index is 2.29. The fraction of sp³-hybridized carbons (Fsp3) is 0.500. The van der Waals surface area contributed by atoms with Crippen LogP contribution >= 0.6 is 0 Å². The quantitative estimate of drug-likeness (QED) is 0.476. The number of non-ortho nitro benzene ring substituents is 1. The van der Waals surface area contributed by atoms with Crippen LogP contribution < -0.4 is 4.74 Å². The molecule has 11 nitrogen and oxygen atoms in total. The number of rotatable bonds is 5. The zero-order chi connectivity index (χ0) is 18.0. The highest BCUT2D eigenvalue weighted by atomic mass is 19.1. The summed E-state index contributed by atoms with van der Waals surface area (Å²) in [5.41, 5.74) is -1.34. The summed E-state index contributed by atoms with van der Waals surface area (Å²) in [5, 5.41) is 50.6. The third-order valence-electron chi connectivity index (χ3n) is 3.41. The first-order chi connectivity index (χ1) is 11.3. The zero-order valence-electron chi connectivity index (χ0n) is 11.9. The molecule has 0 amide bonds. The number of nitro groups is 2. The predicted octanol–water partition coefficient (Wildman–Crippen LogP) is -0.341. The summed E-state index contributed by atoms with van der Waals surface area (Å²) >= 11 is 0. The van der Waals surface area contributed by atoms with E-state index in [2.05, 4.69) is 0 Å². The molecule has 0 spiro atoms. The summed E-state index contributed by atoms with van der Waals surface area (Å²) in [7, 11) is 0. The molecule has 1 aliphatic heterocycles. The van der Waals surface area contributed by atoms with Crippen LogP contribution in [-0.2, 0) is 4.74 Å². The van der Waals surface area contributed by atoms with Crippen molar-refractivity contribution in [3.05, 3.63) is 38.4 Å². The highest BCUT2D eigenvalue weighted by molar-refractivity contribution is 5.53. The summed E-state index contributed by atoms with van der Waals surface area (Å²) in [6.45, 7) is -1.20. The van der Waals surface area contributed by atoms with Crippen LogP contribution in [0, 0.1) is 20.2 Å². The SMILES string of the molecule is O=[N+]([O-])c1ccc(O[C@@H]2O[C@H](CF)[C@@H](O)[C@H](O)[C@H]2O)c([N+](=O)[O-])c1. The largest absolute Gasteiger partial charge is 0.455 e. The Morgan fingerprint density at radius 1 is 1.12 bits per heavy atom. The van der Waals surface area contributed by atoms with Gasteiger partial charge in [0.15, 0.2) is 0 Å². The highest BCUT2D eigenvalue weighted by Crippen LogP contribution is 2.33. The molecule has 0 unspecified atom stereocenters. The smallest absolute Gasteiger partial charge is 0.317 e. The van der Waals surface area contributed by atoms with Crippen molar-refractivity contribution in [3.8, 4) is 5.75 Å². The second-order valence-corrected chi connectivity index (χ2v) is 4.95. The zero-order valence-corrected chi connectivity index (χ0v) is 11.9. The van der Waals surface area contributed by atoms with E-state index in [9.17, 15) is 39.9 Å². The Hall–Kier alpha value is -2.41. The van der Waals surface area contributed by atoms with E-state index >= 15 is 0 Å². The van der Waals surface area contributed by atoms with Crippen LogP contribution in [0.15, 0.2) is 18.2 Å². The van der Waals surface area contributed by atoms with E-state index in [0.29, 0.717) is 6.07 Å². The lowest BCUT2D eigenvalue weighted by Crippen LogP contribution is -2.59. The average Bonchev–Trinajstić information content (AvgIpc) is 2.55. The van der Waals surface area contributed by atoms with Crippen molar-refractivity contribution in [3.63, 3.8) is 0 Å². The van der Waals surface area contributed by atoms with Gasteiger partial charge in [0, 0.05) is 6.07 Å². The van der Waals surface area contributed by atoms with Crippen molar-refractivity contribution in [1.29, 1.82) is 0 Å². The molecule has 0 aliphatic carbocycles. The number of aliphatic hydroxyl groups excluding tert-OH is 3. The van der Waals surface area contributed by atoms with Crippen LogP contribution in [0.4, 0.5) is 15.8 Å². The molecule has 2 rings (SSSR count). The molecule has 3 N–H and O–H groups in total. The maximum absolute atomic E-state index is 12.8. The van der Waals surface area contributed by atoms with E-state index in [1.807, 2.05) is 0 Å². The molecule has 1 aromatic carbocycles. The molecule has 1 aromatic rings. The minimum absolute atomic E-state index is 0.490. The van der Waals surface area contributed by atoms with E-state index in [1.54, 1.807) is 0 Å². The van der Waals surface area contributed by atoms with Crippen LogP contribution in [-0.4, -0.2) is 62.5 Å². The second kappa shape index (κ2) is 7.00. The standard InChI is InChI=1S/C12H13FN2O9/c13-4-8-9(16)10(17)11(18)12(24-8)23-7-2-1-5(14(19)20)3-6(7)15(21)22/h1-3,8-12,16-18H,4H2/t8-,9-,10+,11-,12-/m1/s1. The third-order valence-corrected chi connectivity index (χ3v) is 3.41. The monoisotopic (exact) mass is 348 g/mol. The van der Waals surface area contributed by atoms with Gasteiger partial charge < -0.3 is 24.8 Å². The van der Waals surface area contributed by atoms with E-state index in [0.717, 1.165) is 12.1 Å². The van der Waals surface area contributed by atoms with Gasteiger partial charge in [0.2, 0.25) is 12.0 Å². The van der Waals surface area contributed by atoms with Crippen LogP contribution in [0.2, 0.25) is 0 Å². The number of nitrogens with zero attached hydrogens (tertiary/aromatic N) is 2. The highest BCUT2D eigenvalue weighted by Gasteiger charge is 2.45. The number of alkyl halides is 1. The van der Waals surface area contributed by atoms with Crippen molar-refractivity contribution in [2.75, 3.05) is 6.67 Å². The molecule has 24 heavy (non-hydrogen) atoms. The Kier molecular flexibility index (Phi) is 5.23. The number of ether oxygens (including phenoxy) is 2. The summed E-state index contributed by atoms with van der Waals surface area (Å²) in [4.78, 5) is 19.9. The molecule has 0 aromatic heterocycles. The normalized spacial score (nSPS) is 29.9. The summed E-state index contributed by atoms with van der Waals surface area (Å²) in [6.07, 6.45) is -8.56. The fourth-order valence-electron chi connectivity index (χ4n) is 2.13. The van der Waals surface area contributed by atoms with E-state index in [-0.39, 0.29) is 0 Å². The fourth-order valence-corrected chi connectivity index (χ4v) is 2.13. The Morgan fingerprint density at radius 3 is 2.33 bits per heavy atom. The van der Waals surface area contributed by atoms with Gasteiger partial charge in [0.25, 0.3) is 5.69 Å². The van der Waals surface area contributed by atoms with Crippen molar-refractivity contribution in [2.24, 2.45) is 0 Å². The Labute approximate surface area is 133 Å². The first-order valence-corrected chi connectivity index (χ1v) is 6.61. The van der Waals surface area contributed by atoms with Gasteiger partial charge in [-0.05, 0) is 6.07 Å². The first kappa shape index (κ1) is 17.9. The molecule has 1 heterocycles. The number of halogens is 1. The number of aliphatic hydroxyl groups is 3. The van der Waals surface area contributed by atoms with Gasteiger partial charge in [-0.15, -0.1) is 0 Å². The van der Waals surface area contributed by atoms with Gasteiger partial charge in [-0.25, -0.2) is 4.39 Å². The van der Waals surface area contributed by atoms with E-state index < -0.39 is 64.4 Å². The Bertz CT molecular complexity index is 641. The van der Waals surface area contributed by atoms with Crippen molar-refractivity contribution >= 4 is 11.4 Å². The molecular formula is C12H13FN2O9. The van der Waals surface area contributed by atoms with Crippen molar-refractivity contribution in [2.45, 2.75) is 30.7 Å². The van der Waals surface area contributed by atoms with E-state index in [1.165, 1.54) is 0 Å². The van der Waals surface area contributed by atoms with Gasteiger partial charge >= 0.3 is 5.69 Å². The number of benzene rings is 1. The van der Waals surface area contributed by atoms with Gasteiger partial charge in [-0.1, -0.05) is 0 Å². The molecule has 0 saturated carbocycles.